The van der Waals surface area contributed by atoms with Gasteiger partial charge in [-0.15, -0.1) is 0 Å². The smallest absolute Gasteiger partial charge is 0.250 e. The van der Waals surface area contributed by atoms with E-state index >= 15 is 0 Å². The Hall–Kier alpha value is -0.870. The minimum Gasteiger partial charge on any atom is -0.309 e. The summed E-state index contributed by atoms with van der Waals surface area (Å²) in [6.45, 7) is 0. The molecular weight excluding hydrogens is 267 g/mol. The predicted molar refractivity (Wildman–Crippen MR) is 59.7 cm³/mol. The molecule has 0 aromatic carbocycles. The standard InChI is InChI=1S/C9H6BrClN2O/c1-13-7(14)3-2-6-9(13)8(10)5(11)4-12-6/h2-4H,1H3. The quantitative estimate of drug-likeness (QED) is 0.738. The van der Waals surface area contributed by atoms with Crippen LogP contribution < -0.4 is 5.56 Å². The van der Waals surface area contributed by atoms with Crippen LogP contribution in [0.15, 0.2) is 27.6 Å². The SMILES string of the molecule is Cn1c(=O)ccc2ncc(Cl)c(Br)c21. The van der Waals surface area contributed by atoms with Crippen molar-refractivity contribution in [3.8, 4) is 0 Å². The summed E-state index contributed by atoms with van der Waals surface area (Å²) >= 11 is 9.22. The molecule has 0 spiro atoms. The molecule has 3 nitrogen and oxygen atoms in total. The van der Waals surface area contributed by atoms with Crippen molar-refractivity contribution < 1.29 is 0 Å². The third-order valence-electron chi connectivity index (χ3n) is 2.03. The Labute approximate surface area is 93.5 Å². The highest BCUT2D eigenvalue weighted by molar-refractivity contribution is 9.10. The first kappa shape index (κ1) is 9.68. The normalized spacial score (nSPS) is 10.8. The van der Waals surface area contributed by atoms with Crippen molar-refractivity contribution in [1.82, 2.24) is 9.55 Å². The number of hydrogen-bond acceptors (Lipinski definition) is 2. The second-order valence-electron chi connectivity index (χ2n) is 2.88. The Kier molecular flexibility index (Phi) is 2.33. The van der Waals surface area contributed by atoms with E-state index in [0.29, 0.717) is 15.0 Å². The highest BCUT2D eigenvalue weighted by Crippen LogP contribution is 2.27. The topological polar surface area (TPSA) is 34.9 Å². The lowest BCUT2D eigenvalue weighted by atomic mass is 10.3. The van der Waals surface area contributed by atoms with Crippen molar-refractivity contribution in [1.29, 1.82) is 0 Å². The summed E-state index contributed by atoms with van der Waals surface area (Å²) in [6.07, 6.45) is 1.55. The Balaban J connectivity index is 3.06. The van der Waals surface area contributed by atoms with E-state index in [2.05, 4.69) is 20.9 Å². The fourth-order valence-corrected chi connectivity index (χ4v) is 1.99. The van der Waals surface area contributed by atoms with Gasteiger partial charge in [0, 0.05) is 19.3 Å². The molecule has 0 bridgehead atoms. The molecule has 5 heteroatoms. The van der Waals surface area contributed by atoms with Crippen molar-refractivity contribution in [3.05, 3.63) is 38.2 Å². The molecule has 0 atom stereocenters. The summed E-state index contributed by atoms with van der Waals surface area (Å²) in [5.74, 6) is 0. The molecular formula is C9H6BrClN2O. The number of hydrogen-bond donors (Lipinski definition) is 0. The van der Waals surface area contributed by atoms with Gasteiger partial charge < -0.3 is 4.57 Å². The lowest BCUT2D eigenvalue weighted by molar-refractivity contribution is 0.901. The molecule has 0 saturated heterocycles. The van der Waals surface area contributed by atoms with Gasteiger partial charge in [-0.2, -0.15) is 0 Å². The Bertz CT molecular complexity index is 564. The van der Waals surface area contributed by atoms with Crippen molar-refractivity contribution in [2.24, 2.45) is 7.05 Å². The second-order valence-corrected chi connectivity index (χ2v) is 4.08. The average Bonchev–Trinajstić information content (AvgIpc) is 2.17. The van der Waals surface area contributed by atoms with Crippen molar-refractivity contribution in [2.75, 3.05) is 0 Å². The maximum atomic E-state index is 11.4. The molecule has 2 aromatic heterocycles. The third kappa shape index (κ3) is 1.35. The first-order chi connectivity index (χ1) is 6.61. The number of rotatable bonds is 0. The van der Waals surface area contributed by atoms with Gasteiger partial charge in [-0.1, -0.05) is 11.6 Å². The third-order valence-corrected chi connectivity index (χ3v) is 3.34. The van der Waals surface area contributed by atoms with E-state index < -0.39 is 0 Å². The van der Waals surface area contributed by atoms with Gasteiger partial charge in [-0.25, -0.2) is 0 Å². The summed E-state index contributed by atoms with van der Waals surface area (Å²) in [5, 5.41) is 0.499. The average molecular weight is 274 g/mol. The van der Waals surface area contributed by atoms with Crippen molar-refractivity contribution in [3.63, 3.8) is 0 Å². The lowest BCUT2D eigenvalue weighted by Crippen LogP contribution is -2.15. The summed E-state index contributed by atoms with van der Waals surface area (Å²) in [6, 6.07) is 3.16. The maximum Gasteiger partial charge on any atom is 0.250 e. The number of aromatic nitrogens is 2. The van der Waals surface area contributed by atoms with Crippen LogP contribution in [0.25, 0.3) is 11.0 Å². The van der Waals surface area contributed by atoms with Gasteiger partial charge in [0.05, 0.1) is 20.5 Å². The predicted octanol–water partition coefficient (Wildman–Crippen LogP) is 2.35. The van der Waals surface area contributed by atoms with E-state index in [0.717, 1.165) is 5.52 Å². The van der Waals surface area contributed by atoms with Crippen LogP contribution >= 0.6 is 27.5 Å². The molecule has 14 heavy (non-hydrogen) atoms. The van der Waals surface area contributed by atoms with Crippen molar-refractivity contribution in [2.45, 2.75) is 0 Å². The molecule has 2 aromatic rings. The highest BCUT2D eigenvalue weighted by Gasteiger charge is 2.07. The largest absolute Gasteiger partial charge is 0.309 e. The van der Waals surface area contributed by atoms with Crippen LogP contribution in [-0.2, 0) is 7.05 Å². The van der Waals surface area contributed by atoms with Gasteiger partial charge in [0.25, 0.3) is 5.56 Å². The van der Waals surface area contributed by atoms with E-state index in [1.807, 2.05) is 0 Å². The second kappa shape index (κ2) is 3.37. The van der Waals surface area contributed by atoms with E-state index in [1.54, 1.807) is 19.3 Å². The summed E-state index contributed by atoms with van der Waals surface area (Å²) in [4.78, 5) is 15.5. The maximum absolute atomic E-state index is 11.4. The Morgan fingerprint density at radius 1 is 1.50 bits per heavy atom. The van der Waals surface area contributed by atoms with E-state index in [-0.39, 0.29) is 5.56 Å². The molecule has 0 saturated carbocycles. The van der Waals surface area contributed by atoms with Gasteiger partial charge >= 0.3 is 0 Å². The summed E-state index contributed by atoms with van der Waals surface area (Å²) in [7, 11) is 1.69. The molecule has 2 rings (SSSR count). The zero-order chi connectivity index (χ0) is 10.3. The monoisotopic (exact) mass is 272 g/mol. The molecule has 0 amide bonds. The van der Waals surface area contributed by atoms with Gasteiger partial charge in [0.15, 0.2) is 0 Å². The van der Waals surface area contributed by atoms with E-state index in [9.17, 15) is 4.79 Å². The summed E-state index contributed by atoms with van der Waals surface area (Å²) in [5.41, 5.74) is 1.37. The molecule has 0 N–H and O–H groups in total. The van der Waals surface area contributed by atoms with Crippen LogP contribution in [-0.4, -0.2) is 9.55 Å². The van der Waals surface area contributed by atoms with Crippen LogP contribution in [0.3, 0.4) is 0 Å². The molecule has 2 heterocycles. The number of fused-ring (bicyclic) bond motifs is 1. The van der Waals surface area contributed by atoms with Gasteiger partial charge in [0.1, 0.15) is 0 Å². The molecule has 0 aliphatic heterocycles. The van der Waals surface area contributed by atoms with E-state index in [1.165, 1.54) is 10.6 Å². The molecule has 0 aliphatic carbocycles. The lowest BCUT2D eigenvalue weighted by Gasteiger charge is -2.06. The van der Waals surface area contributed by atoms with Gasteiger partial charge in [-0.05, 0) is 22.0 Å². The molecule has 0 aliphatic rings. The van der Waals surface area contributed by atoms with Crippen LogP contribution in [0.4, 0.5) is 0 Å². The first-order valence-corrected chi connectivity index (χ1v) is 5.08. The number of nitrogens with zero attached hydrogens (tertiary/aromatic N) is 2. The van der Waals surface area contributed by atoms with Gasteiger partial charge in [-0.3, -0.25) is 9.78 Å². The fraction of sp³-hybridized carbons (Fsp3) is 0.111. The zero-order valence-electron chi connectivity index (χ0n) is 7.29. The first-order valence-electron chi connectivity index (χ1n) is 3.91. The number of pyridine rings is 2. The number of aryl methyl sites for hydroxylation is 1. The fourth-order valence-electron chi connectivity index (χ4n) is 1.28. The van der Waals surface area contributed by atoms with E-state index in [4.69, 9.17) is 11.6 Å². The highest BCUT2D eigenvalue weighted by atomic mass is 79.9. The summed E-state index contributed by atoms with van der Waals surface area (Å²) < 4.78 is 2.21. The number of halogens is 2. The Morgan fingerprint density at radius 2 is 2.21 bits per heavy atom. The minimum atomic E-state index is -0.0812. The molecule has 0 fully saturated rings. The van der Waals surface area contributed by atoms with Crippen LogP contribution in [0.5, 0.6) is 0 Å². The van der Waals surface area contributed by atoms with Gasteiger partial charge in [0.2, 0.25) is 0 Å². The molecule has 0 radical (unpaired) electrons. The van der Waals surface area contributed by atoms with Crippen LogP contribution in [0.1, 0.15) is 0 Å². The van der Waals surface area contributed by atoms with Crippen LogP contribution in [0, 0.1) is 0 Å². The molecule has 72 valence electrons. The van der Waals surface area contributed by atoms with Crippen molar-refractivity contribution >= 4 is 38.6 Å². The van der Waals surface area contributed by atoms with Crippen LogP contribution in [0.2, 0.25) is 5.02 Å². The molecule has 0 unspecified atom stereocenters. The minimum absolute atomic E-state index is 0.0812. The zero-order valence-corrected chi connectivity index (χ0v) is 9.63. The Morgan fingerprint density at radius 3 is 2.93 bits per heavy atom.